The number of nitrogens with zero attached hydrogens (tertiary/aromatic N) is 2. The summed E-state index contributed by atoms with van der Waals surface area (Å²) in [6.07, 6.45) is 7.90. The summed E-state index contributed by atoms with van der Waals surface area (Å²) in [4.78, 5) is 15.2. The second-order valence-corrected chi connectivity index (χ2v) is 14.5. The molecule has 1 saturated carbocycles. The molecule has 0 radical (unpaired) electrons. The van der Waals surface area contributed by atoms with Gasteiger partial charge in [0.1, 0.15) is 11.5 Å². The highest BCUT2D eigenvalue weighted by atomic mass is 35.5. The van der Waals surface area contributed by atoms with Crippen molar-refractivity contribution in [2.75, 3.05) is 32.8 Å². The van der Waals surface area contributed by atoms with Crippen LogP contribution in [0.4, 0.5) is 0 Å². The topological polar surface area (TPSA) is 78.9 Å². The zero-order chi connectivity index (χ0) is 29.0. The Kier molecular flexibility index (Phi) is 10.6. The normalized spacial score (nSPS) is 24.9. The van der Waals surface area contributed by atoms with Gasteiger partial charge in [-0.15, -0.1) is 0 Å². The number of hydrogen-bond acceptors (Lipinski definition) is 5. The van der Waals surface area contributed by atoms with Crippen molar-refractivity contribution in [1.29, 1.82) is 0 Å². The molecule has 2 unspecified atom stereocenters. The van der Waals surface area contributed by atoms with E-state index in [9.17, 15) is 13.2 Å². The van der Waals surface area contributed by atoms with Crippen LogP contribution in [-0.4, -0.2) is 68.5 Å². The predicted molar refractivity (Wildman–Crippen MR) is 163 cm³/mol. The first-order valence-electron chi connectivity index (χ1n) is 14.6. The molecule has 1 aliphatic carbocycles. The third kappa shape index (κ3) is 7.40. The second-order valence-electron chi connectivity index (χ2n) is 11.4. The maximum Gasteiger partial charge on any atom is 0.246 e. The maximum atomic E-state index is 13.4. The van der Waals surface area contributed by atoms with E-state index >= 15 is 0 Å². The molecule has 2 aliphatic heterocycles. The molecule has 41 heavy (non-hydrogen) atoms. The average Bonchev–Trinajstić information content (AvgIpc) is 3.63. The summed E-state index contributed by atoms with van der Waals surface area (Å²) in [6.45, 7) is 2.67. The molecule has 0 spiro atoms. The van der Waals surface area contributed by atoms with Gasteiger partial charge in [-0.25, -0.2) is 8.42 Å². The lowest BCUT2D eigenvalue weighted by Crippen LogP contribution is -2.43. The minimum absolute atomic E-state index is 0.0151. The molecule has 2 aromatic rings. The van der Waals surface area contributed by atoms with Crippen molar-refractivity contribution < 1.29 is 17.9 Å². The number of rotatable bonds is 10. The molecule has 224 valence electrons. The van der Waals surface area contributed by atoms with Crippen molar-refractivity contribution in [3.63, 3.8) is 0 Å². The number of hydrogen-bond donors (Lipinski definition) is 1. The number of nitrogens with one attached hydrogen (secondary N) is 1. The molecule has 11 heteroatoms. The number of ether oxygens (including phenoxy) is 1. The number of carbonyl (C=O) groups is 1. The molecule has 2 aromatic carbocycles. The molecule has 3 fully saturated rings. The van der Waals surface area contributed by atoms with Crippen molar-refractivity contribution >= 4 is 50.7 Å². The maximum absolute atomic E-state index is 13.4. The summed E-state index contributed by atoms with van der Waals surface area (Å²) in [5.41, 5.74) is 1.40. The minimum Gasteiger partial charge on any atom is -0.370 e. The van der Waals surface area contributed by atoms with E-state index in [0.717, 1.165) is 38.8 Å². The minimum atomic E-state index is -3.95. The van der Waals surface area contributed by atoms with E-state index < -0.39 is 16.1 Å². The van der Waals surface area contributed by atoms with Gasteiger partial charge in [-0.1, -0.05) is 65.1 Å². The van der Waals surface area contributed by atoms with E-state index in [1.807, 2.05) is 0 Å². The summed E-state index contributed by atoms with van der Waals surface area (Å²) in [5, 5.41) is 3.38. The van der Waals surface area contributed by atoms with Crippen LogP contribution in [0.2, 0.25) is 15.1 Å². The molecule has 2 heterocycles. The van der Waals surface area contributed by atoms with Crippen LogP contribution in [0.15, 0.2) is 47.4 Å². The lowest BCUT2D eigenvalue weighted by atomic mass is 9.78. The van der Waals surface area contributed by atoms with E-state index in [0.29, 0.717) is 31.3 Å². The standard InChI is InChI=1S/C30H38Cl3N3O4S/c31-23-17-26(32)30(27(33)18-23)41(38,39)36-16-6-9-25(36)19-40-20-28(37)34-24-12-10-22(11-13-24)29(35-14-4-5-15-35)21-7-2-1-3-8-21/h1-3,7-8,17-18,22,24-25,29H,4-6,9-16,19-20H2,(H,34,37). The van der Waals surface area contributed by atoms with Gasteiger partial charge in [0.05, 0.1) is 16.7 Å². The second kappa shape index (κ2) is 13.9. The highest BCUT2D eigenvalue weighted by molar-refractivity contribution is 7.89. The molecule has 0 aromatic heterocycles. The van der Waals surface area contributed by atoms with Crippen molar-refractivity contribution in [3.05, 3.63) is 63.1 Å². The molecule has 1 N–H and O–H groups in total. The van der Waals surface area contributed by atoms with E-state index in [-0.39, 0.29) is 45.1 Å². The van der Waals surface area contributed by atoms with Crippen molar-refractivity contribution in [2.45, 2.75) is 74.4 Å². The fourth-order valence-electron chi connectivity index (χ4n) is 6.77. The first kappa shape index (κ1) is 31.0. The van der Waals surface area contributed by atoms with E-state index in [1.165, 1.54) is 34.8 Å². The van der Waals surface area contributed by atoms with Crippen LogP contribution in [0.5, 0.6) is 0 Å². The third-order valence-corrected chi connectivity index (χ3v) is 11.7. The first-order valence-corrected chi connectivity index (χ1v) is 17.1. The highest BCUT2D eigenvalue weighted by Crippen LogP contribution is 2.40. The van der Waals surface area contributed by atoms with E-state index in [1.54, 1.807) is 0 Å². The number of sulfonamides is 1. The number of likely N-dealkylation sites (tertiary alicyclic amines) is 1. The molecular weight excluding hydrogens is 605 g/mol. The molecular formula is C30H38Cl3N3O4S. The summed E-state index contributed by atoms with van der Waals surface area (Å²) >= 11 is 18.4. The summed E-state index contributed by atoms with van der Waals surface area (Å²) in [5.74, 6) is 0.418. The van der Waals surface area contributed by atoms with Gasteiger partial charge in [-0.05, 0) is 88.1 Å². The third-order valence-electron chi connectivity index (χ3n) is 8.65. The summed E-state index contributed by atoms with van der Waals surface area (Å²) < 4.78 is 33.9. The monoisotopic (exact) mass is 641 g/mol. The Morgan fingerprint density at radius 1 is 0.927 bits per heavy atom. The van der Waals surface area contributed by atoms with Gasteiger partial charge in [0.2, 0.25) is 15.9 Å². The van der Waals surface area contributed by atoms with Gasteiger partial charge in [0.15, 0.2) is 0 Å². The highest BCUT2D eigenvalue weighted by Gasteiger charge is 2.38. The molecule has 0 bridgehead atoms. The van der Waals surface area contributed by atoms with Crippen LogP contribution >= 0.6 is 34.8 Å². The Labute approximate surface area is 258 Å². The largest absolute Gasteiger partial charge is 0.370 e. The van der Waals surface area contributed by atoms with Crippen LogP contribution in [0, 0.1) is 5.92 Å². The molecule has 2 atom stereocenters. The lowest BCUT2D eigenvalue weighted by molar-refractivity contribution is -0.127. The van der Waals surface area contributed by atoms with Gasteiger partial charge < -0.3 is 10.1 Å². The first-order chi connectivity index (χ1) is 19.7. The SMILES string of the molecule is O=C(COCC1CCCN1S(=O)(=O)c1c(Cl)cc(Cl)cc1Cl)NC1CCC(C(c2ccccc2)N2CCCC2)CC1. The Morgan fingerprint density at radius 2 is 1.59 bits per heavy atom. The Balaban J connectivity index is 1.10. The quantitative estimate of drug-likeness (QED) is 0.328. The lowest BCUT2D eigenvalue weighted by Gasteiger charge is -2.39. The molecule has 1 amide bonds. The Hall–Kier alpha value is -1.39. The van der Waals surface area contributed by atoms with E-state index in [2.05, 4.69) is 40.5 Å². The summed E-state index contributed by atoms with van der Waals surface area (Å²) in [6, 6.07) is 13.8. The van der Waals surface area contributed by atoms with Crippen molar-refractivity contribution in [3.8, 4) is 0 Å². The van der Waals surface area contributed by atoms with Gasteiger partial charge in [0, 0.05) is 29.7 Å². The fourth-order valence-corrected chi connectivity index (χ4v) is 9.95. The van der Waals surface area contributed by atoms with Crippen LogP contribution in [-0.2, 0) is 19.6 Å². The van der Waals surface area contributed by atoms with Crippen molar-refractivity contribution in [1.82, 2.24) is 14.5 Å². The van der Waals surface area contributed by atoms with E-state index in [4.69, 9.17) is 39.5 Å². The Morgan fingerprint density at radius 3 is 2.24 bits per heavy atom. The van der Waals surface area contributed by atoms with Gasteiger partial charge in [-0.3, -0.25) is 9.69 Å². The number of benzene rings is 2. The van der Waals surface area contributed by atoms with Crippen LogP contribution in [0.25, 0.3) is 0 Å². The van der Waals surface area contributed by atoms with Crippen molar-refractivity contribution in [2.24, 2.45) is 5.92 Å². The number of carbonyl (C=O) groups excluding carboxylic acids is 1. The number of amides is 1. The fraction of sp³-hybridized carbons (Fsp3) is 0.567. The molecule has 7 nitrogen and oxygen atoms in total. The van der Waals surface area contributed by atoms with Crippen LogP contribution < -0.4 is 5.32 Å². The Bertz CT molecular complexity index is 1280. The smallest absolute Gasteiger partial charge is 0.246 e. The molecule has 5 rings (SSSR count). The molecule has 2 saturated heterocycles. The average molecular weight is 643 g/mol. The zero-order valence-electron chi connectivity index (χ0n) is 23.1. The van der Waals surface area contributed by atoms with Crippen LogP contribution in [0.3, 0.4) is 0 Å². The van der Waals surface area contributed by atoms with Gasteiger partial charge in [-0.2, -0.15) is 4.31 Å². The van der Waals surface area contributed by atoms with Gasteiger partial charge in [0.25, 0.3) is 0 Å². The van der Waals surface area contributed by atoms with Crippen LogP contribution in [0.1, 0.15) is 63.0 Å². The predicted octanol–water partition coefficient (Wildman–Crippen LogP) is 6.33. The summed E-state index contributed by atoms with van der Waals surface area (Å²) in [7, 11) is -3.95. The van der Waals surface area contributed by atoms with Gasteiger partial charge >= 0.3 is 0 Å². The molecule has 3 aliphatic rings. The zero-order valence-corrected chi connectivity index (χ0v) is 26.2. The number of halogens is 3.